The minimum atomic E-state index is -8.24. The highest BCUT2D eigenvalue weighted by molar-refractivity contribution is 5.23. The van der Waals surface area contributed by atoms with Gasteiger partial charge >= 0.3 is 54.1 Å². The Labute approximate surface area is 170 Å². The van der Waals surface area contributed by atoms with Crippen molar-refractivity contribution in [2.24, 2.45) is 5.92 Å². The van der Waals surface area contributed by atoms with Crippen molar-refractivity contribution in [3.05, 3.63) is 0 Å². The van der Waals surface area contributed by atoms with Crippen LogP contribution in [0.2, 0.25) is 0 Å². The smallest absolute Gasteiger partial charge is 0.350 e. The second-order valence-corrected chi connectivity index (χ2v) is 6.60. The van der Waals surface area contributed by atoms with Crippen molar-refractivity contribution in [3.63, 3.8) is 0 Å². The number of hydrogen-bond acceptors (Lipinski definition) is 1. The first-order valence-corrected chi connectivity index (χ1v) is 7.47. The molecule has 0 aromatic rings. The average molecular weight is 562 g/mol. The molecule has 2 atom stereocenters. The molecule has 0 bridgehead atoms. The molecule has 1 saturated carbocycles. The molecule has 0 aromatic carbocycles. The summed E-state index contributed by atoms with van der Waals surface area (Å²) in [6.07, 6.45) is -43.4. The van der Waals surface area contributed by atoms with Crippen LogP contribution in [0.5, 0.6) is 0 Å². The zero-order valence-corrected chi connectivity index (χ0v) is 14.6. The largest absolute Gasteiger partial charge is 0.432 e. The van der Waals surface area contributed by atoms with Gasteiger partial charge in [-0.15, -0.1) is 0 Å². The summed E-state index contributed by atoms with van der Waals surface area (Å²) in [7, 11) is 0. The van der Waals surface area contributed by atoms with Gasteiger partial charge in [0.1, 0.15) is 12.0 Å². The normalized spacial score (nSPS) is 27.7. The van der Waals surface area contributed by atoms with E-state index in [9.17, 15) is 92.2 Å². The maximum atomic E-state index is 14.1. The molecule has 0 heterocycles. The van der Waals surface area contributed by atoms with Gasteiger partial charge in [-0.3, -0.25) is 0 Å². The van der Waals surface area contributed by atoms with Crippen molar-refractivity contribution in [1.82, 2.24) is 0 Å². The van der Waals surface area contributed by atoms with Gasteiger partial charge in [0.25, 0.3) is 0 Å². The van der Waals surface area contributed by atoms with Crippen LogP contribution in [0.1, 0.15) is 0 Å². The van der Waals surface area contributed by atoms with Crippen LogP contribution in [-0.4, -0.2) is 66.3 Å². The number of halogens is 21. The van der Waals surface area contributed by atoms with Gasteiger partial charge in [0.15, 0.2) is 0 Å². The molecular formula is C12H3F21O. The summed E-state index contributed by atoms with van der Waals surface area (Å²) in [5, 5.41) is 0. The molecule has 22 heteroatoms. The van der Waals surface area contributed by atoms with Crippen LogP contribution in [-0.2, 0) is 4.74 Å². The lowest BCUT2D eigenvalue weighted by molar-refractivity contribution is -0.482. The fraction of sp³-hybridized carbons (Fsp3) is 1.00. The molecule has 34 heavy (non-hydrogen) atoms. The first-order valence-electron chi connectivity index (χ1n) is 7.47. The van der Waals surface area contributed by atoms with Gasteiger partial charge in [0.05, 0.1) is 0 Å². The van der Waals surface area contributed by atoms with Gasteiger partial charge < -0.3 is 4.74 Å². The lowest BCUT2D eigenvalue weighted by atomic mass is 9.67. The molecule has 1 aliphatic rings. The Morgan fingerprint density at radius 2 is 0.794 bits per heavy atom. The van der Waals surface area contributed by atoms with E-state index in [2.05, 4.69) is 4.74 Å². The predicted octanol–water partition coefficient (Wildman–Crippen LogP) is 6.87. The topological polar surface area (TPSA) is 9.23 Å². The Kier molecular flexibility index (Phi) is 6.73. The fourth-order valence-corrected chi connectivity index (χ4v) is 2.81. The number of ether oxygens (including phenoxy) is 1. The van der Waals surface area contributed by atoms with E-state index < -0.39 is 72.2 Å². The van der Waals surface area contributed by atoms with Crippen LogP contribution < -0.4 is 0 Å². The minimum absolute atomic E-state index is 2.12. The maximum Gasteiger partial charge on any atom is 0.432 e. The summed E-state index contributed by atoms with van der Waals surface area (Å²) in [6, 6.07) is 0. The Bertz CT molecular complexity index is 722. The predicted molar refractivity (Wildman–Crippen MR) is 60.0 cm³/mol. The molecule has 0 spiro atoms. The molecule has 0 radical (unpaired) electrons. The molecule has 1 aliphatic carbocycles. The highest BCUT2D eigenvalue weighted by Gasteiger charge is 2.96. The lowest BCUT2D eigenvalue weighted by Gasteiger charge is -2.53. The van der Waals surface area contributed by atoms with Gasteiger partial charge in [0.2, 0.25) is 6.10 Å². The Balaban J connectivity index is 4.19. The van der Waals surface area contributed by atoms with Gasteiger partial charge in [-0.1, -0.05) is 0 Å². The summed E-state index contributed by atoms with van der Waals surface area (Å²) in [5.74, 6) is -38.8. The Hall–Kier alpha value is -1.51. The van der Waals surface area contributed by atoms with Gasteiger partial charge in [-0.05, 0) is 0 Å². The summed E-state index contributed by atoms with van der Waals surface area (Å²) in [4.78, 5) is 0. The summed E-state index contributed by atoms with van der Waals surface area (Å²) < 4.78 is 277. The summed E-state index contributed by atoms with van der Waals surface area (Å²) >= 11 is 0. The summed E-state index contributed by atoms with van der Waals surface area (Å²) in [6.45, 7) is 0. The van der Waals surface area contributed by atoms with Gasteiger partial charge in [0, 0.05) is 0 Å². The van der Waals surface area contributed by atoms with Crippen LogP contribution >= 0.6 is 0 Å². The zero-order valence-electron chi connectivity index (χ0n) is 14.6. The minimum Gasteiger partial charge on any atom is -0.350 e. The van der Waals surface area contributed by atoms with Crippen LogP contribution in [0.15, 0.2) is 0 Å². The molecule has 0 N–H and O–H groups in total. The van der Waals surface area contributed by atoms with E-state index in [0.29, 0.717) is 0 Å². The molecule has 1 nitrogen and oxygen atoms in total. The molecule has 2 unspecified atom stereocenters. The summed E-state index contributed by atoms with van der Waals surface area (Å²) in [5.41, 5.74) is -8.24. The Morgan fingerprint density at radius 1 is 0.500 bits per heavy atom. The second kappa shape index (κ2) is 7.50. The molecule has 0 amide bonds. The monoisotopic (exact) mass is 562 g/mol. The maximum absolute atomic E-state index is 14.1. The standard InChI is InChI=1S/C12H3F21O/c13-4(11(28,29)30,12(31,32)33)1-2(34-3(7(18,19)20)8(21,22)23)6(16,17)10(26,27)9(24,25)5(1,14)15/h1-3H. The van der Waals surface area contributed by atoms with Crippen molar-refractivity contribution in [2.75, 3.05) is 0 Å². The molecular weight excluding hydrogens is 559 g/mol. The molecule has 1 fully saturated rings. The van der Waals surface area contributed by atoms with Crippen LogP contribution in [0.3, 0.4) is 0 Å². The first-order chi connectivity index (χ1) is 14.3. The van der Waals surface area contributed by atoms with Crippen LogP contribution in [0.4, 0.5) is 92.2 Å². The highest BCUT2D eigenvalue weighted by Crippen LogP contribution is 2.68. The second-order valence-electron chi connectivity index (χ2n) is 6.60. The third-order valence-electron chi connectivity index (χ3n) is 4.41. The lowest BCUT2D eigenvalue weighted by Crippen LogP contribution is -2.81. The van der Waals surface area contributed by atoms with Crippen LogP contribution in [0, 0.1) is 5.92 Å². The van der Waals surface area contributed by atoms with E-state index in [1.165, 1.54) is 0 Å². The van der Waals surface area contributed by atoms with Crippen molar-refractivity contribution in [2.45, 2.75) is 66.3 Å². The van der Waals surface area contributed by atoms with E-state index in [4.69, 9.17) is 0 Å². The number of alkyl halides is 21. The molecule has 0 saturated heterocycles. The van der Waals surface area contributed by atoms with Gasteiger partial charge in [-0.2, -0.15) is 87.8 Å². The fourth-order valence-electron chi connectivity index (χ4n) is 2.81. The van der Waals surface area contributed by atoms with E-state index in [1.54, 1.807) is 0 Å². The third kappa shape index (κ3) is 3.99. The molecule has 1 rings (SSSR count). The van der Waals surface area contributed by atoms with Gasteiger partial charge in [-0.25, -0.2) is 4.39 Å². The molecule has 0 aliphatic heterocycles. The Morgan fingerprint density at radius 3 is 1.06 bits per heavy atom. The number of rotatable bonds is 3. The molecule has 0 aromatic heterocycles. The van der Waals surface area contributed by atoms with Crippen molar-refractivity contribution < 1.29 is 96.9 Å². The van der Waals surface area contributed by atoms with Crippen molar-refractivity contribution in [3.8, 4) is 0 Å². The highest BCUT2D eigenvalue weighted by atomic mass is 19.4. The average Bonchev–Trinajstić information content (AvgIpc) is 2.51. The van der Waals surface area contributed by atoms with E-state index in [1.807, 2.05) is 0 Å². The van der Waals surface area contributed by atoms with E-state index in [-0.39, 0.29) is 0 Å². The first kappa shape index (κ1) is 30.5. The number of hydrogen-bond donors (Lipinski definition) is 0. The van der Waals surface area contributed by atoms with E-state index >= 15 is 0 Å². The quantitative estimate of drug-likeness (QED) is 0.342. The SMILES string of the molecule is FC(F)(F)C(OC1C(C(F)(C(F)(F)F)C(F)(F)F)C(F)(F)C(F)(F)C(F)(F)C1(F)F)C(F)(F)F. The van der Waals surface area contributed by atoms with Crippen molar-refractivity contribution in [1.29, 1.82) is 0 Å². The van der Waals surface area contributed by atoms with Crippen LogP contribution in [0.25, 0.3) is 0 Å². The van der Waals surface area contributed by atoms with E-state index in [0.717, 1.165) is 0 Å². The van der Waals surface area contributed by atoms with Crippen molar-refractivity contribution >= 4 is 0 Å². The molecule has 204 valence electrons. The third-order valence-corrected chi connectivity index (χ3v) is 4.41. The zero-order chi connectivity index (χ0) is 27.9.